The van der Waals surface area contributed by atoms with Gasteiger partial charge in [-0.05, 0) is 61.5 Å². The zero-order valence-corrected chi connectivity index (χ0v) is 12.0. The van der Waals surface area contributed by atoms with Crippen molar-refractivity contribution in [1.29, 1.82) is 0 Å². The quantitative estimate of drug-likeness (QED) is 0.770. The molecule has 4 aliphatic carbocycles. The Labute approximate surface area is 108 Å². The smallest absolute Gasteiger partial charge is 0.279 e. The minimum atomic E-state index is 0.128. The van der Waals surface area contributed by atoms with Crippen molar-refractivity contribution in [3.05, 3.63) is 0 Å². The third-order valence-corrected chi connectivity index (χ3v) is 5.65. The molecule has 17 heavy (non-hydrogen) atoms. The van der Waals surface area contributed by atoms with Crippen LogP contribution in [-0.4, -0.2) is 17.0 Å². The summed E-state index contributed by atoms with van der Waals surface area (Å²) in [6.07, 6.45) is 9.66. The molecule has 0 aromatic carbocycles. The van der Waals surface area contributed by atoms with E-state index >= 15 is 0 Å². The van der Waals surface area contributed by atoms with E-state index in [1.807, 2.05) is 6.26 Å². The van der Waals surface area contributed by atoms with Gasteiger partial charge in [-0.1, -0.05) is 25.6 Å². The summed E-state index contributed by atoms with van der Waals surface area (Å²) >= 11 is 1.32. The van der Waals surface area contributed by atoms with Gasteiger partial charge in [0.1, 0.15) is 0 Å². The average Bonchev–Trinajstić information content (AvgIpc) is 2.10. The van der Waals surface area contributed by atoms with Crippen molar-refractivity contribution in [1.82, 2.24) is 5.32 Å². The van der Waals surface area contributed by atoms with Crippen molar-refractivity contribution >= 4 is 17.0 Å². The third kappa shape index (κ3) is 1.91. The van der Waals surface area contributed by atoms with Crippen molar-refractivity contribution in [2.75, 3.05) is 6.26 Å². The molecule has 3 heteroatoms. The summed E-state index contributed by atoms with van der Waals surface area (Å²) in [5.74, 6) is 0.850. The summed E-state index contributed by atoms with van der Waals surface area (Å²) in [4.78, 5) is 11.8. The molecule has 4 fully saturated rings. The van der Waals surface area contributed by atoms with Crippen molar-refractivity contribution in [3.63, 3.8) is 0 Å². The van der Waals surface area contributed by atoms with Crippen LogP contribution in [0, 0.1) is 16.7 Å². The molecule has 4 saturated carbocycles. The lowest BCUT2D eigenvalue weighted by molar-refractivity contribution is -0.112. The van der Waals surface area contributed by atoms with Gasteiger partial charge in [-0.3, -0.25) is 4.79 Å². The molecule has 0 saturated heterocycles. The maximum Gasteiger partial charge on any atom is 0.279 e. The number of nitrogens with one attached hydrogen (secondary N) is 1. The molecule has 1 amide bonds. The lowest BCUT2D eigenvalue weighted by Gasteiger charge is -2.65. The molecule has 96 valence electrons. The minimum Gasteiger partial charge on any atom is -0.342 e. The average molecular weight is 253 g/mol. The van der Waals surface area contributed by atoms with E-state index in [-0.39, 0.29) is 10.8 Å². The topological polar surface area (TPSA) is 29.1 Å². The number of carbonyl (C=O) groups excluding carboxylic acids is 1. The molecule has 0 aromatic heterocycles. The number of thioether (sulfide) groups is 1. The van der Waals surface area contributed by atoms with Gasteiger partial charge in [0.25, 0.3) is 5.24 Å². The molecule has 4 aliphatic rings. The molecule has 2 nitrogen and oxygen atoms in total. The first-order chi connectivity index (χ1) is 7.86. The van der Waals surface area contributed by atoms with E-state index in [1.54, 1.807) is 0 Å². The van der Waals surface area contributed by atoms with Crippen LogP contribution in [0.4, 0.5) is 4.79 Å². The van der Waals surface area contributed by atoms with E-state index < -0.39 is 0 Å². The van der Waals surface area contributed by atoms with Gasteiger partial charge in [0.15, 0.2) is 0 Å². The van der Waals surface area contributed by atoms with Gasteiger partial charge in [-0.25, -0.2) is 0 Å². The maximum absolute atomic E-state index is 11.8. The van der Waals surface area contributed by atoms with Gasteiger partial charge >= 0.3 is 0 Å². The molecular formula is C14H23NOS. The van der Waals surface area contributed by atoms with Crippen LogP contribution in [0.15, 0.2) is 0 Å². The number of amides is 1. The lowest BCUT2D eigenvalue weighted by atomic mass is 9.43. The van der Waals surface area contributed by atoms with Gasteiger partial charge in [0, 0.05) is 5.54 Å². The van der Waals surface area contributed by atoms with Gasteiger partial charge in [0.05, 0.1) is 0 Å². The van der Waals surface area contributed by atoms with E-state index in [2.05, 4.69) is 19.2 Å². The van der Waals surface area contributed by atoms with Crippen LogP contribution in [0.5, 0.6) is 0 Å². The fourth-order valence-electron chi connectivity index (χ4n) is 5.85. The first-order valence-corrected chi connectivity index (χ1v) is 7.95. The fourth-order valence-corrected chi connectivity index (χ4v) is 6.17. The lowest BCUT2D eigenvalue weighted by Crippen LogP contribution is -2.64. The summed E-state index contributed by atoms with van der Waals surface area (Å²) in [6.45, 7) is 4.88. The van der Waals surface area contributed by atoms with Gasteiger partial charge in [-0.2, -0.15) is 0 Å². The Morgan fingerprint density at radius 1 is 1.12 bits per heavy atom. The Bertz CT molecular complexity index is 349. The highest BCUT2D eigenvalue weighted by Crippen LogP contribution is 2.66. The first kappa shape index (κ1) is 11.9. The molecule has 1 N–H and O–H groups in total. The number of hydrogen-bond donors (Lipinski definition) is 1. The summed E-state index contributed by atoms with van der Waals surface area (Å²) in [5.41, 5.74) is 1.10. The highest BCUT2D eigenvalue weighted by Gasteiger charge is 2.60. The monoisotopic (exact) mass is 253 g/mol. The van der Waals surface area contributed by atoms with E-state index in [1.165, 1.54) is 50.3 Å². The van der Waals surface area contributed by atoms with Crippen LogP contribution in [0.1, 0.15) is 52.4 Å². The number of rotatable bonds is 1. The zero-order chi connectivity index (χ0) is 12.3. The van der Waals surface area contributed by atoms with Gasteiger partial charge < -0.3 is 5.32 Å². The van der Waals surface area contributed by atoms with Crippen molar-refractivity contribution in [3.8, 4) is 0 Å². The second-order valence-electron chi connectivity index (χ2n) is 7.53. The Morgan fingerprint density at radius 3 is 2.18 bits per heavy atom. The van der Waals surface area contributed by atoms with E-state index in [0.29, 0.717) is 10.8 Å². The normalized spacial score (nSPS) is 51.6. The molecule has 4 rings (SSSR count). The van der Waals surface area contributed by atoms with E-state index in [0.717, 1.165) is 5.92 Å². The maximum atomic E-state index is 11.8. The van der Waals surface area contributed by atoms with Crippen LogP contribution in [0.3, 0.4) is 0 Å². The summed E-state index contributed by atoms with van der Waals surface area (Å²) in [6, 6.07) is 0. The standard InChI is InChI=1S/C14H23NOS/c1-12-4-10-5-13(2,7-12)9-14(6-10,8-12)15-11(16)17-3/h10H,4-9H2,1-3H3,(H,15,16)/t10?,12-,13+,14?. The molecule has 0 aromatic rings. The van der Waals surface area contributed by atoms with Crippen LogP contribution >= 0.6 is 11.8 Å². The molecule has 4 bridgehead atoms. The summed E-state index contributed by atoms with van der Waals surface area (Å²) in [5, 5.41) is 3.51. The minimum absolute atomic E-state index is 0.128. The molecule has 2 unspecified atom stereocenters. The van der Waals surface area contributed by atoms with E-state index in [9.17, 15) is 4.79 Å². The van der Waals surface area contributed by atoms with Crippen LogP contribution < -0.4 is 5.32 Å². The molecule has 0 heterocycles. The first-order valence-electron chi connectivity index (χ1n) is 6.72. The Morgan fingerprint density at radius 2 is 1.71 bits per heavy atom. The SMILES string of the molecule is CSC(=O)NC12CC3C[C@@](C)(C1)C[C@](C)(C3)C2. The van der Waals surface area contributed by atoms with Crippen LogP contribution in [-0.2, 0) is 0 Å². The second kappa shape index (κ2) is 3.43. The molecule has 4 atom stereocenters. The fraction of sp³-hybridized carbons (Fsp3) is 0.929. The van der Waals surface area contributed by atoms with Crippen molar-refractivity contribution < 1.29 is 4.79 Å². The second-order valence-corrected chi connectivity index (χ2v) is 8.31. The van der Waals surface area contributed by atoms with Gasteiger partial charge in [-0.15, -0.1) is 0 Å². The molecule has 0 spiro atoms. The predicted molar refractivity (Wildman–Crippen MR) is 72.2 cm³/mol. The van der Waals surface area contributed by atoms with Gasteiger partial charge in [0.2, 0.25) is 0 Å². The highest BCUT2D eigenvalue weighted by atomic mass is 32.2. The Hall–Kier alpha value is -0.180. The van der Waals surface area contributed by atoms with E-state index in [4.69, 9.17) is 0 Å². The molecule has 0 aliphatic heterocycles. The number of carbonyl (C=O) groups is 1. The van der Waals surface area contributed by atoms with Crippen LogP contribution in [0.2, 0.25) is 0 Å². The van der Waals surface area contributed by atoms with Crippen LogP contribution in [0.25, 0.3) is 0 Å². The predicted octanol–water partition coefficient (Wildman–Crippen LogP) is 3.81. The third-order valence-electron chi connectivity index (χ3n) is 5.18. The molecular weight excluding hydrogens is 230 g/mol. The highest BCUT2D eigenvalue weighted by molar-refractivity contribution is 8.12. The Balaban J connectivity index is 1.89. The molecule has 0 radical (unpaired) electrons. The zero-order valence-electron chi connectivity index (χ0n) is 11.1. The van der Waals surface area contributed by atoms with Crippen molar-refractivity contribution in [2.24, 2.45) is 16.7 Å². The summed E-state index contributed by atoms with van der Waals surface area (Å²) < 4.78 is 0. The van der Waals surface area contributed by atoms with Crippen molar-refractivity contribution in [2.45, 2.75) is 57.9 Å². The largest absolute Gasteiger partial charge is 0.342 e. The summed E-state index contributed by atoms with van der Waals surface area (Å²) in [7, 11) is 0. The number of hydrogen-bond acceptors (Lipinski definition) is 2. The Kier molecular flexibility index (Phi) is 2.40.